The molecule has 4 rings (SSSR count). The normalized spacial score (nSPS) is 16.8. The summed E-state index contributed by atoms with van der Waals surface area (Å²) in [6.07, 6.45) is 0. The van der Waals surface area contributed by atoms with E-state index in [1.165, 1.54) is 23.1 Å². The van der Waals surface area contributed by atoms with E-state index in [2.05, 4.69) is 0 Å². The molecule has 7 nitrogen and oxygen atoms in total. The van der Waals surface area contributed by atoms with Crippen LogP contribution in [0.1, 0.15) is 36.6 Å². The summed E-state index contributed by atoms with van der Waals surface area (Å²) in [5.41, 5.74) is 1.55. The zero-order valence-electron chi connectivity index (χ0n) is 20.4. The van der Waals surface area contributed by atoms with E-state index in [4.69, 9.17) is 32.7 Å². The van der Waals surface area contributed by atoms with Gasteiger partial charge in [0.2, 0.25) is 0 Å². The number of phenolic OH excluding ortho intramolecular Hbond substituents is 1. The summed E-state index contributed by atoms with van der Waals surface area (Å²) in [7, 11) is 0. The number of ketones is 1. The van der Waals surface area contributed by atoms with Crippen molar-refractivity contribution in [3.05, 3.63) is 86.9 Å². The van der Waals surface area contributed by atoms with Crippen molar-refractivity contribution in [3.8, 4) is 17.2 Å². The second-order valence-electron chi connectivity index (χ2n) is 8.34. The molecule has 0 spiro atoms. The van der Waals surface area contributed by atoms with E-state index < -0.39 is 23.5 Å². The average molecular weight is 542 g/mol. The van der Waals surface area contributed by atoms with Crippen LogP contribution in [0.4, 0.5) is 5.69 Å². The number of amides is 1. The van der Waals surface area contributed by atoms with Gasteiger partial charge in [0, 0.05) is 16.3 Å². The predicted octanol–water partition coefficient (Wildman–Crippen LogP) is 6.43. The number of hydrogen-bond acceptors (Lipinski definition) is 6. The molecule has 192 valence electrons. The van der Waals surface area contributed by atoms with Gasteiger partial charge in [-0.3, -0.25) is 14.5 Å². The van der Waals surface area contributed by atoms with Crippen LogP contribution in [0.5, 0.6) is 17.2 Å². The number of hydrogen-bond donors (Lipinski definition) is 2. The van der Waals surface area contributed by atoms with Crippen LogP contribution in [0.15, 0.2) is 60.2 Å². The molecule has 2 N–H and O–H groups in total. The Morgan fingerprint density at radius 3 is 2.35 bits per heavy atom. The summed E-state index contributed by atoms with van der Waals surface area (Å²) in [6, 6.07) is 13.1. The topological polar surface area (TPSA) is 96.3 Å². The molecule has 0 aliphatic carbocycles. The molecule has 1 aliphatic rings. The summed E-state index contributed by atoms with van der Waals surface area (Å²) in [6.45, 7) is 6.06. The highest BCUT2D eigenvalue weighted by atomic mass is 35.5. The monoisotopic (exact) mass is 541 g/mol. The summed E-state index contributed by atoms with van der Waals surface area (Å²) in [4.78, 5) is 28.1. The van der Waals surface area contributed by atoms with Gasteiger partial charge in [-0.15, -0.1) is 0 Å². The van der Waals surface area contributed by atoms with Gasteiger partial charge in [0.05, 0.1) is 29.9 Å². The highest BCUT2D eigenvalue weighted by molar-refractivity contribution is 6.52. The second-order valence-corrected chi connectivity index (χ2v) is 9.15. The summed E-state index contributed by atoms with van der Waals surface area (Å²) >= 11 is 12.7. The number of ether oxygens (including phenoxy) is 2. The summed E-state index contributed by atoms with van der Waals surface area (Å²) in [5, 5.41) is 22.3. The molecule has 0 saturated carbocycles. The van der Waals surface area contributed by atoms with Crippen molar-refractivity contribution in [2.24, 2.45) is 0 Å². The first-order valence-corrected chi connectivity index (χ1v) is 12.4. The van der Waals surface area contributed by atoms with E-state index in [0.29, 0.717) is 28.6 Å². The average Bonchev–Trinajstić information content (AvgIpc) is 3.13. The van der Waals surface area contributed by atoms with Crippen molar-refractivity contribution in [3.63, 3.8) is 0 Å². The van der Waals surface area contributed by atoms with Crippen molar-refractivity contribution in [2.75, 3.05) is 18.1 Å². The number of aliphatic hydroxyl groups is 1. The van der Waals surface area contributed by atoms with E-state index in [-0.39, 0.29) is 34.3 Å². The van der Waals surface area contributed by atoms with Crippen LogP contribution in [0, 0.1) is 6.92 Å². The SMILES string of the molecule is CCOc1ccc(Cl)c(/C(O)=C2\C(=O)C(=O)N(c3ccc(C)c(Cl)c3)C2c2ccc(O)c(OCC)c2)c1. The first-order chi connectivity index (χ1) is 17.7. The van der Waals surface area contributed by atoms with Gasteiger partial charge in [0.15, 0.2) is 11.5 Å². The van der Waals surface area contributed by atoms with Crippen LogP contribution < -0.4 is 14.4 Å². The summed E-state index contributed by atoms with van der Waals surface area (Å²) in [5.74, 6) is -1.70. The van der Waals surface area contributed by atoms with Gasteiger partial charge >= 0.3 is 0 Å². The van der Waals surface area contributed by atoms with Gasteiger partial charge in [-0.05, 0) is 74.4 Å². The number of anilines is 1. The summed E-state index contributed by atoms with van der Waals surface area (Å²) < 4.78 is 11.1. The van der Waals surface area contributed by atoms with Crippen LogP contribution in [0.25, 0.3) is 5.76 Å². The number of carbonyl (C=O) groups excluding carboxylic acids is 2. The third-order valence-electron chi connectivity index (χ3n) is 5.98. The number of nitrogens with zero attached hydrogens (tertiary/aromatic N) is 1. The maximum absolute atomic E-state index is 13.4. The lowest BCUT2D eigenvalue weighted by Crippen LogP contribution is -2.29. The molecule has 1 amide bonds. The molecule has 1 fully saturated rings. The third-order valence-corrected chi connectivity index (χ3v) is 6.72. The second kappa shape index (κ2) is 10.7. The van der Waals surface area contributed by atoms with E-state index in [9.17, 15) is 19.8 Å². The third kappa shape index (κ3) is 4.97. The minimum absolute atomic E-state index is 0.103. The highest BCUT2D eigenvalue weighted by Crippen LogP contribution is 2.45. The lowest BCUT2D eigenvalue weighted by atomic mass is 9.94. The van der Waals surface area contributed by atoms with E-state index in [0.717, 1.165) is 5.56 Å². The quantitative estimate of drug-likeness (QED) is 0.203. The first-order valence-electron chi connectivity index (χ1n) is 11.6. The zero-order chi connectivity index (χ0) is 26.9. The van der Waals surface area contributed by atoms with Crippen LogP contribution in [0.2, 0.25) is 10.0 Å². The van der Waals surface area contributed by atoms with E-state index in [1.807, 2.05) is 13.8 Å². The van der Waals surface area contributed by atoms with Gasteiger partial charge in [-0.25, -0.2) is 0 Å². The Hall–Kier alpha value is -3.68. The molecule has 37 heavy (non-hydrogen) atoms. The number of phenols is 1. The molecule has 3 aromatic carbocycles. The van der Waals surface area contributed by atoms with Gasteiger partial charge in [0.1, 0.15) is 11.5 Å². The van der Waals surface area contributed by atoms with Crippen molar-refractivity contribution >= 4 is 46.3 Å². The van der Waals surface area contributed by atoms with Crippen molar-refractivity contribution in [2.45, 2.75) is 26.8 Å². The Bertz CT molecular complexity index is 1420. The molecule has 1 atom stereocenters. The Balaban J connectivity index is 1.99. The van der Waals surface area contributed by atoms with Gasteiger partial charge in [0.25, 0.3) is 11.7 Å². The molecular weight excluding hydrogens is 517 g/mol. The van der Waals surface area contributed by atoms with Crippen LogP contribution in [-0.4, -0.2) is 35.1 Å². The molecule has 1 heterocycles. The molecular formula is C28H25Cl2NO6. The highest BCUT2D eigenvalue weighted by Gasteiger charge is 2.47. The smallest absolute Gasteiger partial charge is 0.300 e. The number of benzene rings is 3. The molecule has 9 heteroatoms. The number of aromatic hydroxyl groups is 1. The van der Waals surface area contributed by atoms with Crippen molar-refractivity contribution in [1.29, 1.82) is 0 Å². The predicted molar refractivity (Wildman–Crippen MR) is 143 cm³/mol. The van der Waals surface area contributed by atoms with Crippen molar-refractivity contribution in [1.82, 2.24) is 0 Å². The molecule has 1 aliphatic heterocycles. The molecule has 0 aromatic heterocycles. The van der Waals surface area contributed by atoms with Gasteiger partial charge in [-0.1, -0.05) is 35.3 Å². The van der Waals surface area contributed by atoms with Crippen LogP contribution in [0.3, 0.4) is 0 Å². The minimum Gasteiger partial charge on any atom is -0.507 e. The lowest BCUT2D eigenvalue weighted by Gasteiger charge is -2.26. The Labute approximate surface area is 224 Å². The number of Topliss-reactive ketones (excluding diaryl/α,β-unsaturated/α-hetero) is 1. The maximum atomic E-state index is 13.4. The fourth-order valence-electron chi connectivity index (χ4n) is 4.21. The Morgan fingerprint density at radius 1 is 0.946 bits per heavy atom. The molecule has 1 unspecified atom stereocenters. The van der Waals surface area contributed by atoms with Gasteiger partial charge < -0.3 is 19.7 Å². The molecule has 1 saturated heterocycles. The maximum Gasteiger partial charge on any atom is 0.300 e. The Kier molecular flexibility index (Phi) is 7.66. The lowest BCUT2D eigenvalue weighted by molar-refractivity contribution is -0.132. The molecule has 0 bridgehead atoms. The number of rotatable bonds is 7. The standard InChI is InChI=1S/C28H25Cl2NO6/c1-4-36-18-9-10-20(29)19(14-18)26(33)24-25(16-7-11-22(32)23(12-16)37-5-2)31(28(35)27(24)34)17-8-6-15(3)21(30)13-17/h6-14,25,32-33H,4-5H2,1-3H3/b26-24+. The minimum atomic E-state index is -1.06. The van der Waals surface area contributed by atoms with Crippen molar-refractivity contribution < 1.29 is 29.3 Å². The Morgan fingerprint density at radius 2 is 1.68 bits per heavy atom. The van der Waals surface area contributed by atoms with Crippen LogP contribution >= 0.6 is 23.2 Å². The molecule has 3 aromatic rings. The molecule has 0 radical (unpaired) electrons. The fraction of sp³-hybridized carbons (Fsp3) is 0.214. The zero-order valence-corrected chi connectivity index (χ0v) is 21.9. The number of aliphatic hydroxyl groups excluding tert-OH is 1. The number of halogens is 2. The van der Waals surface area contributed by atoms with Crippen LogP contribution in [-0.2, 0) is 9.59 Å². The number of aryl methyl sites for hydroxylation is 1. The fourth-order valence-corrected chi connectivity index (χ4v) is 4.59. The van der Waals surface area contributed by atoms with Gasteiger partial charge in [-0.2, -0.15) is 0 Å². The largest absolute Gasteiger partial charge is 0.507 e. The first kappa shape index (κ1) is 26.4. The van der Waals surface area contributed by atoms with E-state index >= 15 is 0 Å². The van der Waals surface area contributed by atoms with E-state index in [1.54, 1.807) is 43.3 Å². The number of carbonyl (C=O) groups is 2.